The van der Waals surface area contributed by atoms with Gasteiger partial charge in [0.25, 0.3) is 5.56 Å². The quantitative estimate of drug-likeness (QED) is 0.414. The average molecular weight is 471 g/mol. The SMILES string of the molecule is CCOc1ccc2[nH]c(=O)c(CN(CCCO)[C@@H](CC)c3nnnn3C[C@@H]3CCCO3)cc2c1. The Labute approximate surface area is 198 Å². The van der Waals surface area contributed by atoms with E-state index in [9.17, 15) is 9.90 Å². The second kappa shape index (κ2) is 11.5. The predicted octanol–water partition coefficient (Wildman–Crippen LogP) is 2.43. The molecule has 2 atom stereocenters. The number of nitrogens with one attached hydrogen (secondary N) is 1. The van der Waals surface area contributed by atoms with E-state index in [-0.39, 0.29) is 24.3 Å². The van der Waals surface area contributed by atoms with Crippen molar-refractivity contribution in [2.45, 2.75) is 64.8 Å². The van der Waals surface area contributed by atoms with Gasteiger partial charge < -0.3 is 19.6 Å². The molecule has 0 radical (unpaired) electrons. The van der Waals surface area contributed by atoms with Crippen LogP contribution in [0.3, 0.4) is 0 Å². The van der Waals surface area contributed by atoms with Crippen LogP contribution >= 0.6 is 0 Å². The molecule has 3 aromatic rings. The molecule has 1 aliphatic rings. The number of tetrazole rings is 1. The number of fused-ring (bicyclic) bond motifs is 1. The topological polar surface area (TPSA) is 118 Å². The number of ether oxygens (including phenoxy) is 2. The smallest absolute Gasteiger partial charge is 0.252 e. The van der Waals surface area contributed by atoms with Crippen molar-refractivity contribution in [2.24, 2.45) is 0 Å². The molecule has 10 heteroatoms. The minimum atomic E-state index is -0.126. The van der Waals surface area contributed by atoms with Gasteiger partial charge in [-0.05, 0) is 67.3 Å². The zero-order chi connectivity index (χ0) is 23.9. The predicted molar refractivity (Wildman–Crippen MR) is 128 cm³/mol. The van der Waals surface area contributed by atoms with Crippen LogP contribution in [0, 0.1) is 0 Å². The highest BCUT2D eigenvalue weighted by molar-refractivity contribution is 5.80. The first-order chi connectivity index (χ1) is 16.6. The van der Waals surface area contributed by atoms with Crippen molar-refractivity contribution < 1.29 is 14.6 Å². The zero-order valence-corrected chi connectivity index (χ0v) is 19.9. The summed E-state index contributed by atoms with van der Waals surface area (Å²) in [6, 6.07) is 7.48. The van der Waals surface area contributed by atoms with E-state index in [1.807, 2.05) is 35.9 Å². The molecule has 3 heterocycles. The van der Waals surface area contributed by atoms with Crippen LogP contribution < -0.4 is 10.3 Å². The van der Waals surface area contributed by atoms with Gasteiger partial charge in [-0.2, -0.15) is 0 Å². The highest BCUT2D eigenvalue weighted by Gasteiger charge is 2.27. The third-order valence-corrected chi connectivity index (χ3v) is 6.27. The maximum Gasteiger partial charge on any atom is 0.252 e. The van der Waals surface area contributed by atoms with Gasteiger partial charge in [0.05, 0.1) is 25.3 Å². The van der Waals surface area contributed by atoms with Crippen molar-refractivity contribution in [3.63, 3.8) is 0 Å². The van der Waals surface area contributed by atoms with Crippen LogP contribution in [0.25, 0.3) is 10.9 Å². The number of benzene rings is 1. The van der Waals surface area contributed by atoms with Crippen LogP contribution in [-0.2, 0) is 17.8 Å². The highest BCUT2D eigenvalue weighted by atomic mass is 16.5. The van der Waals surface area contributed by atoms with Gasteiger partial charge in [-0.25, -0.2) is 4.68 Å². The number of hydrogen-bond donors (Lipinski definition) is 2. The summed E-state index contributed by atoms with van der Waals surface area (Å²) in [6.07, 6.45) is 3.52. The Bertz CT molecular complexity index is 1120. The van der Waals surface area contributed by atoms with Crippen LogP contribution in [0.2, 0.25) is 0 Å². The van der Waals surface area contributed by atoms with Crippen LogP contribution in [0.4, 0.5) is 0 Å². The summed E-state index contributed by atoms with van der Waals surface area (Å²) < 4.78 is 13.2. The van der Waals surface area contributed by atoms with Gasteiger partial charge in [-0.1, -0.05) is 6.92 Å². The molecule has 2 aromatic heterocycles. The lowest BCUT2D eigenvalue weighted by Gasteiger charge is -2.30. The van der Waals surface area contributed by atoms with E-state index in [0.717, 1.165) is 48.3 Å². The lowest BCUT2D eigenvalue weighted by Crippen LogP contribution is -2.34. The van der Waals surface area contributed by atoms with Crippen molar-refractivity contribution in [1.82, 2.24) is 30.1 Å². The minimum absolute atomic E-state index is 0.0690. The Balaban J connectivity index is 1.62. The van der Waals surface area contributed by atoms with Crippen molar-refractivity contribution in [3.05, 3.63) is 46.0 Å². The lowest BCUT2D eigenvalue weighted by atomic mass is 10.1. The van der Waals surface area contributed by atoms with Crippen molar-refractivity contribution in [3.8, 4) is 5.75 Å². The molecule has 10 nitrogen and oxygen atoms in total. The third kappa shape index (κ3) is 5.63. The fourth-order valence-electron chi connectivity index (χ4n) is 4.61. The maximum atomic E-state index is 12.9. The maximum absolute atomic E-state index is 12.9. The largest absolute Gasteiger partial charge is 0.494 e. The first-order valence-corrected chi connectivity index (χ1v) is 12.1. The van der Waals surface area contributed by atoms with Gasteiger partial charge in [-0.3, -0.25) is 9.69 Å². The number of rotatable bonds is 12. The normalized spacial score (nSPS) is 17.0. The number of aromatic nitrogens is 5. The number of H-pyrrole nitrogens is 1. The van der Waals surface area contributed by atoms with Crippen LogP contribution in [0.15, 0.2) is 29.1 Å². The van der Waals surface area contributed by atoms with Gasteiger partial charge >= 0.3 is 0 Å². The fourth-order valence-corrected chi connectivity index (χ4v) is 4.61. The van der Waals surface area contributed by atoms with E-state index in [1.165, 1.54) is 0 Å². The number of aliphatic hydroxyl groups excluding tert-OH is 1. The number of nitrogens with zero attached hydrogens (tertiary/aromatic N) is 5. The lowest BCUT2D eigenvalue weighted by molar-refractivity contribution is 0.0888. The van der Waals surface area contributed by atoms with Crippen molar-refractivity contribution in [1.29, 1.82) is 0 Å². The molecular weight excluding hydrogens is 436 g/mol. The fraction of sp³-hybridized carbons (Fsp3) is 0.583. The summed E-state index contributed by atoms with van der Waals surface area (Å²) in [5.74, 6) is 1.52. The van der Waals surface area contributed by atoms with Gasteiger partial charge in [0.15, 0.2) is 5.82 Å². The number of aliphatic hydroxyl groups is 1. The summed E-state index contributed by atoms with van der Waals surface area (Å²) in [6.45, 7) is 7.09. The first-order valence-electron chi connectivity index (χ1n) is 12.1. The summed E-state index contributed by atoms with van der Waals surface area (Å²) >= 11 is 0. The standard InChI is InChI=1S/C24H34N6O4/c1-3-22(23-26-27-28-30(23)16-20-7-5-12-34-20)29(10-6-11-31)15-18-13-17-14-19(33-4-2)8-9-21(17)25-24(18)32/h8-9,13-14,20,22,31H,3-7,10-12,15-16H2,1-2H3,(H,25,32)/t20-,22-/m0/s1. The average Bonchev–Trinajstić information content (AvgIpc) is 3.51. The molecule has 1 fully saturated rings. The van der Waals surface area contributed by atoms with E-state index < -0.39 is 0 Å². The van der Waals surface area contributed by atoms with Gasteiger partial charge in [0.1, 0.15) is 5.75 Å². The number of aromatic amines is 1. The molecule has 0 unspecified atom stereocenters. The van der Waals surface area contributed by atoms with E-state index in [1.54, 1.807) is 0 Å². The van der Waals surface area contributed by atoms with Gasteiger partial charge in [-0.15, -0.1) is 5.10 Å². The second-order valence-corrected chi connectivity index (χ2v) is 8.63. The Hall–Kier alpha value is -2.82. The molecule has 34 heavy (non-hydrogen) atoms. The Kier molecular flexibility index (Phi) is 8.25. The molecule has 0 saturated carbocycles. The van der Waals surface area contributed by atoms with Crippen LogP contribution in [-0.4, -0.2) is 67.7 Å². The molecular formula is C24H34N6O4. The molecule has 1 aliphatic heterocycles. The van der Waals surface area contributed by atoms with E-state index in [4.69, 9.17) is 9.47 Å². The summed E-state index contributed by atoms with van der Waals surface area (Å²) in [7, 11) is 0. The monoisotopic (exact) mass is 470 g/mol. The molecule has 0 spiro atoms. The second-order valence-electron chi connectivity index (χ2n) is 8.63. The first kappa shape index (κ1) is 24.3. The zero-order valence-electron chi connectivity index (χ0n) is 19.9. The van der Waals surface area contributed by atoms with E-state index in [0.29, 0.717) is 38.2 Å². The minimum Gasteiger partial charge on any atom is -0.494 e. The Morgan fingerprint density at radius 2 is 2.24 bits per heavy atom. The van der Waals surface area contributed by atoms with Crippen LogP contribution in [0.5, 0.6) is 5.75 Å². The summed E-state index contributed by atoms with van der Waals surface area (Å²) in [5, 5.41) is 22.9. The van der Waals surface area contributed by atoms with E-state index in [2.05, 4.69) is 32.3 Å². The molecule has 1 aromatic carbocycles. The van der Waals surface area contributed by atoms with E-state index >= 15 is 0 Å². The molecule has 2 N–H and O–H groups in total. The molecule has 0 amide bonds. The summed E-state index contributed by atoms with van der Waals surface area (Å²) in [5.41, 5.74) is 1.29. The molecule has 0 bridgehead atoms. The van der Waals surface area contributed by atoms with Gasteiger partial charge in [0, 0.05) is 42.8 Å². The molecule has 184 valence electrons. The van der Waals surface area contributed by atoms with Crippen LogP contribution in [0.1, 0.15) is 57.0 Å². The number of pyridine rings is 1. The van der Waals surface area contributed by atoms with Gasteiger partial charge in [0.2, 0.25) is 0 Å². The molecule has 0 aliphatic carbocycles. The Morgan fingerprint density at radius 1 is 1.35 bits per heavy atom. The number of hydrogen-bond acceptors (Lipinski definition) is 8. The highest BCUT2D eigenvalue weighted by Crippen LogP contribution is 2.26. The third-order valence-electron chi connectivity index (χ3n) is 6.27. The van der Waals surface area contributed by atoms with Crippen molar-refractivity contribution >= 4 is 10.9 Å². The molecule has 4 rings (SSSR count). The molecule has 1 saturated heterocycles. The summed E-state index contributed by atoms with van der Waals surface area (Å²) in [4.78, 5) is 18.1. The Morgan fingerprint density at radius 3 is 2.97 bits per heavy atom. The van der Waals surface area contributed by atoms with Crippen molar-refractivity contribution in [2.75, 3.05) is 26.4 Å².